The second-order valence-corrected chi connectivity index (χ2v) is 10.5. The maximum absolute atomic E-state index is 13.5. The number of benzene rings is 1. The summed E-state index contributed by atoms with van der Waals surface area (Å²) in [6.45, 7) is 2.79. The van der Waals surface area contributed by atoms with Gasteiger partial charge in [0.15, 0.2) is 5.69 Å². The third-order valence-corrected chi connectivity index (χ3v) is 6.52. The predicted octanol–water partition coefficient (Wildman–Crippen LogP) is 4.86. The van der Waals surface area contributed by atoms with Crippen LogP contribution < -0.4 is 10.1 Å². The summed E-state index contributed by atoms with van der Waals surface area (Å²) in [6.07, 6.45) is -1.62. The van der Waals surface area contributed by atoms with E-state index in [0.717, 1.165) is 25.5 Å². The molecule has 1 aromatic carbocycles. The van der Waals surface area contributed by atoms with E-state index in [2.05, 4.69) is 25.7 Å². The first-order chi connectivity index (χ1) is 16.3. The second kappa shape index (κ2) is 8.87. The molecule has 4 rings (SSSR count). The summed E-state index contributed by atoms with van der Waals surface area (Å²) < 4.78 is 65.9. The number of alkyl halides is 3. The van der Waals surface area contributed by atoms with Crippen LogP contribution in [-0.4, -0.2) is 36.8 Å². The van der Waals surface area contributed by atoms with Crippen LogP contribution in [0.5, 0.6) is 11.8 Å². The predicted molar refractivity (Wildman–Crippen MR) is 120 cm³/mol. The zero-order valence-corrected chi connectivity index (χ0v) is 19.8. The second-order valence-electron chi connectivity index (χ2n) is 8.31. The van der Waals surface area contributed by atoms with Gasteiger partial charge in [0.1, 0.15) is 5.56 Å². The maximum Gasteiger partial charge on any atom is 0.435 e. The molecule has 184 valence electrons. The molecule has 1 fully saturated rings. The number of anilines is 1. The first-order valence-corrected chi connectivity index (χ1v) is 12.4. The van der Waals surface area contributed by atoms with Gasteiger partial charge in [-0.15, -0.1) is 15.3 Å². The lowest BCUT2D eigenvalue weighted by Gasteiger charge is -2.16. The Morgan fingerprint density at radius 1 is 1.11 bits per heavy atom. The van der Waals surface area contributed by atoms with Crippen LogP contribution >= 0.6 is 0 Å². The summed E-state index contributed by atoms with van der Waals surface area (Å²) in [5, 5.41) is 17.4. The summed E-state index contributed by atoms with van der Waals surface area (Å²) in [6, 6.07) is 7.47. The molecule has 13 heteroatoms. The molecule has 9 nitrogen and oxygen atoms in total. The van der Waals surface area contributed by atoms with Crippen molar-refractivity contribution in [2.75, 3.05) is 11.6 Å². The van der Waals surface area contributed by atoms with Gasteiger partial charge < -0.3 is 10.1 Å². The average Bonchev–Trinajstić information content (AvgIpc) is 3.59. The number of hydrogen-bond donors (Lipinski definition) is 2. The Labute approximate surface area is 199 Å². The lowest BCUT2D eigenvalue weighted by atomic mass is 10.1. The minimum absolute atomic E-state index is 0.0150. The third-order valence-electron chi connectivity index (χ3n) is 5.37. The summed E-state index contributed by atoms with van der Waals surface area (Å²) in [5.74, 6) is -1.11. The highest BCUT2D eigenvalue weighted by Crippen LogP contribution is 2.40. The SMILES string of the molecule is Cc1cc(C2CC2)nnc1Oc1nnc(C(F)(F)F)c(C)c1C(=O)Nc1cccc(S(C)(=N)=O)c1. The number of amides is 1. The van der Waals surface area contributed by atoms with Gasteiger partial charge in [-0.2, -0.15) is 18.3 Å². The van der Waals surface area contributed by atoms with Crippen molar-refractivity contribution in [2.45, 2.75) is 43.7 Å². The van der Waals surface area contributed by atoms with Gasteiger partial charge in [0.05, 0.1) is 15.4 Å². The van der Waals surface area contributed by atoms with Crippen LogP contribution in [0.2, 0.25) is 0 Å². The van der Waals surface area contributed by atoms with E-state index in [1.54, 1.807) is 13.0 Å². The molecule has 1 saturated carbocycles. The van der Waals surface area contributed by atoms with Gasteiger partial charge in [0.25, 0.3) is 11.8 Å². The van der Waals surface area contributed by atoms with E-state index in [4.69, 9.17) is 9.52 Å². The molecule has 1 unspecified atom stereocenters. The van der Waals surface area contributed by atoms with E-state index in [9.17, 15) is 22.2 Å². The molecule has 2 N–H and O–H groups in total. The number of ether oxygens (including phenoxy) is 1. The van der Waals surface area contributed by atoms with E-state index in [1.807, 2.05) is 0 Å². The summed E-state index contributed by atoms with van der Waals surface area (Å²) in [7, 11) is -3.08. The van der Waals surface area contributed by atoms with Gasteiger partial charge in [-0.1, -0.05) is 6.07 Å². The van der Waals surface area contributed by atoms with Crippen molar-refractivity contribution >= 4 is 21.3 Å². The molecule has 0 spiro atoms. The standard InChI is InChI=1S/C22H21F3N6O3S/c1-11-9-16(13-7-8-13)28-30-20(11)34-21-17(12(2)18(29-31-21)22(23,24)25)19(32)27-14-5-4-6-15(10-14)35(3,26)33/h4-6,9-10,13,26H,7-8H2,1-3H3,(H,27,32). The molecule has 0 saturated heterocycles. The minimum Gasteiger partial charge on any atom is -0.416 e. The zero-order valence-electron chi connectivity index (χ0n) is 18.9. The van der Waals surface area contributed by atoms with Gasteiger partial charge >= 0.3 is 6.18 Å². The van der Waals surface area contributed by atoms with Gasteiger partial charge in [0.2, 0.25) is 5.88 Å². The normalized spacial score (nSPS) is 15.4. The van der Waals surface area contributed by atoms with Crippen molar-refractivity contribution in [3.63, 3.8) is 0 Å². The summed E-state index contributed by atoms with van der Waals surface area (Å²) >= 11 is 0. The summed E-state index contributed by atoms with van der Waals surface area (Å²) in [5.41, 5.74) is -0.810. The number of nitrogens with zero attached hydrogens (tertiary/aromatic N) is 4. The minimum atomic E-state index is -4.86. The van der Waals surface area contributed by atoms with E-state index < -0.39 is 44.5 Å². The number of carbonyl (C=O) groups excluding carboxylic acids is 1. The monoisotopic (exact) mass is 506 g/mol. The molecule has 3 aromatic rings. The molecule has 1 aliphatic carbocycles. The number of nitrogens with one attached hydrogen (secondary N) is 2. The fourth-order valence-electron chi connectivity index (χ4n) is 3.38. The lowest BCUT2D eigenvalue weighted by Crippen LogP contribution is -2.21. The van der Waals surface area contributed by atoms with E-state index in [-0.39, 0.29) is 16.5 Å². The van der Waals surface area contributed by atoms with Crippen LogP contribution in [0.1, 0.15) is 51.6 Å². The molecular formula is C22H21F3N6O3S. The van der Waals surface area contributed by atoms with Crippen LogP contribution in [0.25, 0.3) is 0 Å². The van der Waals surface area contributed by atoms with Gasteiger partial charge in [-0.3, -0.25) is 4.79 Å². The van der Waals surface area contributed by atoms with Crippen molar-refractivity contribution in [1.29, 1.82) is 4.78 Å². The Balaban J connectivity index is 1.73. The Hall–Kier alpha value is -3.61. The van der Waals surface area contributed by atoms with E-state index >= 15 is 0 Å². The quantitative estimate of drug-likeness (QED) is 0.488. The van der Waals surface area contributed by atoms with Crippen molar-refractivity contribution in [3.8, 4) is 11.8 Å². The van der Waals surface area contributed by atoms with Crippen molar-refractivity contribution in [1.82, 2.24) is 20.4 Å². The molecule has 2 heterocycles. The molecule has 0 aliphatic heterocycles. The Kier molecular flexibility index (Phi) is 6.21. The van der Waals surface area contributed by atoms with Crippen LogP contribution in [0.15, 0.2) is 35.2 Å². The number of hydrogen-bond acceptors (Lipinski definition) is 8. The lowest BCUT2D eigenvalue weighted by molar-refractivity contribution is -0.142. The number of carbonyl (C=O) groups is 1. The molecule has 35 heavy (non-hydrogen) atoms. The van der Waals surface area contributed by atoms with Crippen LogP contribution in [0, 0.1) is 18.6 Å². The third kappa shape index (κ3) is 5.39. The van der Waals surface area contributed by atoms with Crippen LogP contribution in [0.3, 0.4) is 0 Å². The maximum atomic E-state index is 13.5. The summed E-state index contributed by atoms with van der Waals surface area (Å²) in [4.78, 5) is 13.3. The molecular weight excluding hydrogens is 485 g/mol. The van der Waals surface area contributed by atoms with E-state index in [0.29, 0.717) is 11.5 Å². The van der Waals surface area contributed by atoms with Crippen molar-refractivity contribution < 1.29 is 26.9 Å². The zero-order chi connectivity index (χ0) is 25.5. The fourth-order valence-corrected chi connectivity index (χ4v) is 4.07. The highest BCUT2D eigenvalue weighted by molar-refractivity contribution is 7.91. The Morgan fingerprint density at radius 2 is 1.80 bits per heavy atom. The number of aryl methyl sites for hydroxylation is 1. The van der Waals surface area contributed by atoms with Crippen LogP contribution in [-0.2, 0) is 15.9 Å². The van der Waals surface area contributed by atoms with Crippen LogP contribution in [0.4, 0.5) is 18.9 Å². The average molecular weight is 507 g/mol. The first-order valence-electron chi connectivity index (χ1n) is 10.5. The van der Waals surface area contributed by atoms with E-state index in [1.165, 1.54) is 30.5 Å². The Morgan fingerprint density at radius 3 is 2.40 bits per heavy atom. The van der Waals surface area contributed by atoms with Crippen molar-refractivity contribution in [3.05, 3.63) is 58.4 Å². The Bertz CT molecular complexity index is 1420. The highest BCUT2D eigenvalue weighted by Gasteiger charge is 2.38. The smallest absolute Gasteiger partial charge is 0.416 e. The number of aromatic nitrogens is 4. The van der Waals surface area contributed by atoms with Gasteiger partial charge in [-0.05, 0) is 56.5 Å². The molecule has 0 radical (unpaired) electrons. The topological polar surface area (TPSA) is 131 Å². The number of halogens is 3. The molecule has 1 atom stereocenters. The fraction of sp³-hybridized carbons (Fsp3) is 0.318. The highest BCUT2D eigenvalue weighted by atomic mass is 32.2. The van der Waals surface area contributed by atoms with Gasteiger partial charge in [0, 0.05) is 28.3 Å². The first kappa shape index (κ1) is 24.5. The van der Waals surface area contributed by atoms with Crippen molar-refractivity contribution in [2.24, 2.45) is 0 Å². The molecule has 0 bridgehead atoms. The number of rotatable bonds is 6. The largest absolute Gasteiger partial charge is 0.435 e. The molecule has 1 amide bonds. The molecule has 2 aromatic heterocycles. The molecule has 1 aliphatic rings. The van der Waals surface area contributed by atoms with Gasteiger partial charge in [-0.25, -0.2) is 8.99 Å².